The third-order valence-corrected chi connectivity index (χ3v) is 3.40. The van der Waals surface area contributed by atoms with Crippen LogP contribution in [0.4, 0.5) is 0 Å². The Balaban J connectivity index is 1.97. The summed E-state index contributed by atoms with van der Waals surface area (Å²) in [4.78, 5) is 13.7. The number of thioether (sulfide) groups is 1. The van der Waals surface area contributed by atoms with Crippen LogP contribution in [0.1, 0.15) is 6.42 Å². The molecule has 88 valence electrons. The molecule has 0 aliphatic carbocycles. The summed E-state index contributed by atoms with van der Waals surface area (Å²) in [6.45, 7) is 4.86. The zero-order valence-electron chi connectivity index (χ0n) is 9.42. The summed E-state index contributed by atoms with van der Waals surface area (Å²) in [6.07, 6.45) is 0.576. The zero-order valence-corrected chi connectivity index (χ0v) is 10.2. The lowest BCUT2D eigenvalue weighted by molar-refractivity contribution is -0.121. The van der Waals surface area contributed by atoms with Crippen LogP contribution in [-0.4, -0.2) is 62.1 Å². The number of nitrogens with zero attached hydrogens (tertiary/aromatic N) is 1. The highest BCUT2D eigenvalue weighted by Crippen LogP contribution is 2.07. The molecule has 0 saturated carbocycles. The van der Waals surface area contributed by atoms with Crippen molar-refractivity contribution in [2.24, 2.45) is 0 Å². The fraction of sp³-hybridized carbons (Fsp3) is 0.900. The maximum absolute atomic E-state index is 11.3. The smallest absolute Gasteiger partial charge is 0.221 e. The van der Waals surface area contributed by atoms with Crippen molar-refractivity contribution in [1.82, 2.24) is 15.5 Å². The van der Waals surface area contributed by atoms with E-state index in [2.05, 4.69) is 15.5 Å². The molecule has 0 aromatic heterocycles. The van der Waals surface area contributed by atoms with E-state index in [1.807, 2.05) is 18.8 Å². The molecule has 1 saturated heterocycles. The third-order valence-electron chi connectivity index (χ3n) is 2.46. The predicted octanol–water partition coefficient (Wildman–Crippen LogP) is -0.239. The summed E-state index contributed by atoms with van der Waals surface area (Å²) in [5.74, 6) is 2.61. The minimum absolute atomic E-state index is 0.149. The number of rotatable bonds is 6. The second-order valence-electron chi connectivity index (χ2n) is 3.66. The molecule has 0 spiro atoms. The van der Waals surface area contributed by atoms with Gasteiger partial charge in [-0.05, 0) is 7.05 Å². The van der Waals surface area contributed by atoms with E-state index >= 15 is 0 Å². The maximum Gasteiger partial charge on any atom is 0.221 e. The van der Waals surface area contributed by atoms with Crippen molar-refractivity contribution in [3.63, 3.8) is 0 Å². The second kappa shape index (κ2) is 7.96. The molecule has 2 N–H and O–H groups in total. The topological polar surface area (TPSA) is 44.4 Å². The van der Waals surface area contributed by atoms with Crippen molar-refractivity contribution < 1.29 is 4.79 Å². The van der Waals surface area contributed by atoms with Crippen molar-refractivity contribution in [3.8, 4) is 0 Å². The predicted molar refractivity (Wildman–Crippen MR) is 65.3 cm³/mol. The maximum atomic E-state index is 11.3. The van der Waals surface area contributed by atoms with Gasteiger partial charge in [0.2, 0.25) is 5.91 Å². The quantitative estimate of drug-likeness (QED) is 0.662. The lowest BCUT2D eigenvalue weighted by Crippen LogP contribution is -2.39. The minimum Gasteiger partial charge on any atom is -0.355 e. The highest BCUT2D eigenvalue weighted by molar-refractivity contribution is 7.99. The summed E-state index contributed by atoms with van der Waals surface area (Å²) in [5, 5.41) is 5.90. The van der Waals surface area contributed by atoms with Gasteiger partial charge < -0.3 is 10.6 Å². The van der Waals surface area contributed by atoms with E-state index in [-0.39, 0.29) is 5.91 Å². The molecule has 1 fully saturated rings. The highest BCUT2D eigenvalue weighted by Gasteiger charge is 2.09. The summed E-state index contributed by atoms with van der Waals surface area (Å²) >= 11 is 2.01. The summed E-state index contributed by atoms with van der Waals surface area (Å²) in [5.41, 5.74) is 0. The van der Waals surface area contributed by atoms with Crippen molar-refractivity contribution >= 4 is 17.7 Å². The molecule has 0 atom stereocenters. The molecule has 5 heteroatoms. The van der Waals surface area contributed by atoms with E-state index in [0.29, 0.717) is 6.42 Å². The van der Waals surface area contributed by atoms with Crippen LogP contribution in [0.15, 0.2) is 0 Å². The second-order valence-corrected chi connectivity index (χ2v) is 4.88. The average Bonchev–Trinajstić information content (AvgIpc) is 2.28. The highest BCUT2D eigenvalue weighted by atomic mass is 32.2. The van der Waals surface area contributed by atoms with Crippen LogP contribution in [0.25, 0.3) is 0 Å². The molecule has 1 amide bonds. The molecule has 0 bridgehead atoms. The van der Waals surface area contributed by atoms with Crippen LogP contribution in [-0.2, 0) is 4.79 Å². The van der Waals surface area contributed by atoms with Crippen molar-refractivity contribution in [2.45, 2.75) is 6.42 Å². The Kier molecular flexibility index (Phi) is 6.80. The first-order valence-corrected chi connectivity index (χ1v) is 6.70. The van der Waals surface area contributed by atoms with E-state index in [0.717, 1.165) is 32.7 Å². The van der Waals surface area contributed by atoms with Crippen LogP contribution in [0.2, 0.25) is 0 Å². The minimum atomic E-state index is 0.149. The average molecular weight is 231 g/mol. The molecule has 4 nitrogen and oxygen atoms in total. The number of carbonyl (C=O) groups is 1. The Bertz CT molecular complexity index is 184. The molecule has 1 aliphatic heterocycles. The molecule has 0 aromatic rings. The lowest BCUT2D eigenvalue weighted by Gasteiger charge is -2.25. The molecule has 1 heterocycles. The first-order chi connectivity index (χ1) is 7.33. The van der Waals surface area contributed by atoms with Gasteiger partial charge in [-0.3, -0.25) is 9.69 Å². The van der Waals surface area contributed by atoms with Gasteiger partial charge >= 0.3 is 0 Å². The molecule has 15 heavy (non-hydrogen) atoms. The Morgan fingerprint density at radius 1 is 1.33 bits per heavy atom. The van der Waals surface area contributed by atoms with Crippen LogP contribution < -0.4 is 10.6 Å². The molecule has 1 aliphatic rings. The van der Waals surface area contributed by atoms with Crippen molar-refractivity contribution in [3.05, 3.63) is 0 Å². The zero-order chi connectivity index (χ0) is 10.9. The molecular weight excluding hydrogens is 210 g/mol. The monoisotopic (exact) mass is 231 g/mol. The Hall–Kier alpha value is -0.260. The van der Waals surface area contributed by atoms with Gasteiger partial charge in [-0.1, -0.05) is 0 Å². The fourth-order valence-corrected chi connectivity index (χ4v) is 2.48. The molecule has 0 unspecified atom stereocenters. The standard InChI is InChI=1S/C10H21N3OS/c1-11-3-2-10(14)12-4-5-13-6-8-15-9-7-13/h11H,2-9H2,1H3,(H,12,14). The van der Waals surface area contributed by atoms with Crippen LogP contribution >= 0.6 is 11.8 Å². The number of hydrogen-bond acceptors (Lipinski definition) is 4. The van der Waals surface area contributed by atoms with Gasteiger partial charge in [-0.2, -0.15) is 11.8 Å². The van der Waals surface area contributed by atoms with Gasteiger partial charge in [0.25, 0.3) is 0 Å². The SMILES string of the molecule is CNCCC(=O)NCCN1CCSCC1. The lowest BCUT2D eigenvalue weighted by atomic mass is 10.4. The normalized spacial score (nSPS) is 17.7. The van der Waals surface area contributed by atoms with Crippen LogP contribution in [0.3, 0.4) is 0 Å². The molecule has 1 rings (SSSR count). The number of nitrogens with one attached hydrogen (secondary N) is 2. The van der Waals surface area contributed by atoms with Gasteiger partial charge in [-0.25, -0.2) is 0 Å². The van der Waals surface area contributed by atoms with E-state index in [4.69, 9.17) is 0 Å². The van der Waals surface area contributed by atoms with Gasteiger partial charge in [-0.15, -0.1) is 0 Å². The fourth-order valence-electron chi connectivity index (χ4n) is 1.51. The summed E-state index contributed by atoms with van der Waals surface area (Å²) in [7, 11) is 1.86. The Morgan fingerprint density at radius 2 is 2.07 bits per heavy atom. The van der Waals surface area contributed by atoms with Gasteiger partial charge in [0, 0.05) is 50.7 Å². The van der Waals surface area contributed by atoms with E-state index in [1.165, 1.54) is 11.5 Å². The van der Waals surface area contributed by atoms with Gasteiger partial charge in [0.1, 0.15) is 0 Å². The Labute approximate surface area is 96.2 Å². The summed E-state index contributed by atoms with van der Waals surface area (Å²) < 4.78 is 0. The van der Waals surface area contributed by atoms with Gasteiger partial charge in [0.05, 0.1) is 0 Å². The number of carbonyl (C=O) groups excluding carboxylic acids is 1. The third kappa shape index (κ3) is 6.02. The van der Waals surface area contributed by atoms with Crippen molar-refractivity contribution in [2.75, 3.05) is 51.3 Å². The molecular formula is C10H21N3OS. The largest absolute Gasteiger partial charge is 0.355 e. The summed E-state index contributed by atoms with van der Waals surface area (Å²) in [6, 6.07) is 0. The van der Waals surface area contributed by atoms with Crippen LogP contribution in [0, 0.1) is 0 Å². The van der Waals surface area contributed by atoms with Crippen LogP contribution in [0.5, 0.6) is 0 Å². The first kappa shape index (κ1) is 12.8. The number of amides is 1. The van der Waals surface area contributed by atoms with Crippen molar-refractivity contribution in [1.29, 1.82) is 0 Å². The van der Waals surface area contributed by atoms with E-state index in [1.54, 1.807) is 0 Å². The van der Waals surface area contributed by atoms with Gasteiger partial charge in [0.15, 0.2) is 0 Å². The number of hydrogen-bond donors (Lipinski definition) is 2. The Morgan fingerprint density at radius 3 is 2.73 bits per heavy atom. The first-order valence-electron chi connectivity index (χ1n) is 5.54. The van der Waals surface area contributed by atoms with E-state index in [9.17, 15) is 4.79 Å². The molecule has 0 aromatic carbocycles. The van der Waals surface area contributed by atoms with E-state index < -0.39 is 0 Å². The molecule has 0 radical (unpaired) electrons.